The van der Waals surface area contributed by atoms with Gasteiger partial charge in [0.2, 0.25) is 5.16 Å². The SMILES string of the molecule is CCc1cccc(OCCSc2nnc(-c3ccccc3Cl)n2N)c1. The lowest BCUT2D eigenvalue weighted by molar-refractivity contribution is 0.343. The summed E-state index contributed by atoms with van der Waals surface area (Å²) in [6.07, 6.45) is 0.993. The Morgan fingerprint density at radius 3 is 2.80 bits per heavy atom. The zero-order valence-electron chi connectivity index (χ0n) is 13.9. The third kappa shape index (κ3) is 4.27. The van der Waals surface area contributed by atoms with Crippen molar-refractivity contribution in [3.63, 3.8) is 0 Å². The van der Waals surface area contributed by atoms with Gasteiger partial charge in [0.05, 0.1) is 11.6 Å². The molecule has 0 spiro atoms. The summed E-state index contributed by atoms with van der Waals surface area (Å²) in [6, 6.07) is 15.5. The Hall–Kier alpha value is -2.18. The molecule has 0 unspecified atom stereocenters. The highest BCUT2D eigenvalue weighted by Gasteiger charge is 2.14. The number of aromatic nitrogens is 3. The van der Waals surface area contributed by atoms with Gasteiger partial charge in [-0.1, -0.05) is 54.6 Å². The number of halogens is 1. The number of rotatable bonds is 7. The average Bonchev–Trinajstić information content (AvgIpc) is 3.00. The number of ether oxygens (including phenoxy) is 1. The van der Waals surface area contributed by atoms with Crippen molar-refractivity contribution >= 4 is 23.4 Å². The molecule has 0 amide bonds. The number of nitrogens with zero attached hydrogens (tertiary/aromatic N) is 3. The van der Waals surface area contributed by atoms with Crippen LogP contribution in [0.3, 0.4) is 0 Å². The highest BCUT2D eigenvalue weighted by molar-refractivity contribution is 7.99. The molecule has 1 aromatic heterocycles. The molecular weight excluding hydrogens is 356 g/mol. The van der Waals surface area contributed by atoms with Crippen LogP contribution in [-0.2, 0) is 6.42 Å². The second-order valence-corrected chi connectivity index (χ2v) is 6.82. The quantitative estimate of drug-likeness (QED) is 0.384. The van der Waals surface area contributed by atoms with Gasteiger partial charge in [0.25, 0.3) is 0 Å². The summed E-state index contributed by atoms with van der Waals surface area (Å²) in [6.45, 7) is 2.69. The molecule has 2 N–H and O–H groups in total. The van der Waals surface area contributed by atoms with E-state index in [1.165, 1.54) is 22.0 Å². The van der Waals surface area contributed by atoms with Crippen molar-refractivity contribution in [3.8, 4) is 17.1 Å². The fourth-order valence-electron chi connectivity index (χ4n) is 2.35. The molecule has 0 saturated carbocycles. The van der Waals surface area contributed by atoms with Crippen LogP contribution in [0.15, 0.2) is 53.7 Å². The molecule has 0 atom stereocenters. The van der Waals surface area contributed by atoms with Crippen LogP contribution in [0.25, 0.3) is 11.4 Å². The summed E-state index contributed by atoms with van der Waals surface area (Å²) in [5.41, 5.74) is 2.02. The van der Waals surface area contributed by atoms with Crippen LogP contribution in [0.1, 0.15) is 12.5 Å². The minimum Gasteiger partial charge on any atom is -0.493 e. The molecule has 3 rings (SSSR count). The van der Waals surface area contributed by atoms with Crippen LogP contribution in [-0.4, -0.2) is 27.2 Å². The number of hydrogen-bond donors (Lipinski definition) is 1. The fraction of sp³-hybridized carbons (Fsp3) is 0.222. The number of benzene rings is 2. The molecule has 1 heterocycles. The van der Waals surface area contributed by atoms with Gasteiger partial charge in [-0.25, -0.2) is 4.68 Å². The van der Waals surface area contributed by atoms with E-state index in [9.17, 15) is 0 Å². The Bertz CT molecular complexity index is 853. The molecule has 7 heteroatoms. The van der Waals surface area contributed by atoms with Gasteiger partial charge in [0, 0.05) is 11.3 Å². The van der Waals surface area contributed by atoms with Crippen LogP contribution < -0.4 is 10.6 Å². The van der Waals surface area contributed by atoms with E-state index >= 15 is 0 Å². The van der Waals surface area contributed by atoms with E-state index in [4.69, 9.17) is 22.2 Å². The molecule has 0 bridgehead atoms. The van der Waals surface area contributed by atoms with Crippen LogP contribution in [0.5, 0.6) is 5.75 Å². The minimum atomic E-state index is 0.546. The summed E-state index contributed by atoms with van der Waals surface area (Å²) < 4.78 is 7.24. The summed E-state index contributed by atoms with van der Waals surface area (Å²) in [4.78, 5) is 0. The monoisotopic (exact) mass is 374 g/mol. The van der Waals surface area contributed by atoms with Crippen molar-refractivity contribution in [1.29, 1.82) is 0 Å². The molecule has 0 saturated heterocycles. The number of thioether (sulfide) groups is 1. The van der Waals surface area contributed by atoms with Crippen molar-refractivity contribution in [3.05, 3.63) is 59.1 Å². The van der Waals surface area contributed by atoms with Crippen LogP contribution in [0.4, 0.5) is 0 Å². The van der Waals surface area contributed by atoms with Gasteiger partial charge in [-0.3, -0.25) is 0 Å². The average molecular weight is 375 g/mol. The zero-order chi connectivity index (χ0) is 17.6. The van der Waals surface area contributed by atoms with E-state index in [-0.39, 0.29) is 0 Å². The maximum Gasteiger partial charge on any atom is 0.210 e. The van der Waals surface area contributed by atoms with Gasteiger partial charge in [0.15, 0.2) is 5.82 Å². The molecule has 3 aromatic rings. The number of nitrogens with two attached hydrogens (primary N) is 1. The highest BCUT2D eigenvalue weighted by Crippen LogP contribution is 2.27. The van der Waals surface area contributed by atoms with Crippen LogP contribution >= 0.6 is 23.4 Å². The van der Waals surface area contributed by atoms with Gasteiger partial charge < -0.3 is 10.6 Å². The summed E-state index contributed by atoms with van der Waals surface area (Å²) in [7, 11) is 0. The minimum absolute atomic E-state index is 0.546. The Kier molecular flexibility index (Phi) is 5.83. The van der Waals surface area contributed by atoms with E-state index in [2.05, 4.69) is 29.3 Å². The maximum absolute atomic E-state index is 6.20. The van der Waals surface area contributed by atoms with Crippen LogP contribution in [0.2, 0.25) is 5.02 Å². The van der Waals surface area contributed by atoms with Crippen molar-refractivity contribution < 1.29 is 4.74 Å². The Labute approximate surface area is 156 Å². The standard InChI is InChI=1S/C18H19ClN4OS/c1-2-13-6-5-7-14(12-13)24-10-11-25-18-22-21-17(23(18)20)15-8-3-4-9-16(15)19/h3-9,12H,2,10-11,20H2,1H3. The third-order valence-electron chi connectivity index (χ3n) is 3.67. The zero-order valence-corrected chi connectivity index (χ0v) is 15.4. The van der Waals surface area contributed by atoms with Crippen molar-refractivity contribution in [2.45, 2.75) is 18.5 Å². The van der Waals surface area contributed by atoms with E-state index in [0.717, 1.165) is 17.7 Å². The molecule has 0 fully saturated rings. The second kappa shape index (κ2) is 8.27. The predicted molar refractivity (Wildman–Crippen MR) is 103 cm³/mol. The van der Waals surface area contributed by atoms with Gasteiger partial charge in [0.1, 0.15) is 5.75 Å². The lowest BCUT2D eigenvalue weighted by Gasteiger charge is -2.07. The Morgan fingerprint density at radius 1 is 1.16 bits per heavy atom. The highest BCUT2D eigenvalue weighted by atomic mass is 35.5. The first-order valence-corrected chi connectivity index (χ1v) is 9.35. The van der Waals surface area contributed by atoms with Crippen LogP contribution in [0, 0.1) is 0 Å². The van der Waals surface area contributed by atoms with Crippen molar-refractivity contribution in [1.82, 2.24) is 14.9 Å². The summed E-state index contributed by atoms with van der Waals surface area (Å²) >= 11 is 7.69. The number of aryl methyl sites for hydroxylation is 1. The maximum atomic E-state index is 6.20. The summed E-state index contributed by atoms with van der Waals surface area (Å²) in [5.74, 6) is 8.25. The van der Waals surface area contributed by atoms with Crippen molar-refractivity contribution in [2.75, 3.05) is 18.2 Å². The second-order valence-electron chi connectivity index (χ2n) is 5.35. The number of hydrogen-bond acceptors (Lipinski definition) is 5. The van der Waals surface area contributed by atoms with E-state index < -0.39 is 0 Å². The van der Waals surface area contributed by atoms with Gasteiger partial charge in [-0.2, -0.15) is 0 Å². The Morgan fingerprint density at radius 2 is 2.00 bits per heavy atom. The lowest BCUT2D eigenvalue weighted by Crippen LogP contribution is -2.12. The first kappa shape index (κ1) is 17.6. The largest absolute Gasteiger partial charge is 0.493 e. The molecule has 0 radical (unpaired) electrons. The lowest BCUT2D eigenvalue weighted by atomic mass is 10.2. The first-order chi connectivity index (χ1) is 12.2. The van der Waals surface area contributed by atoms with Gasteiger partial charge in [-0.05, 0) is 36.2 Å². The molecule has 0 aliphatic carbocycles. The Balaban J connectivity index is 1.58. The molecule has 5 nitrogen and oxygen atoms in total. The summed E-state index contributed by atoms with van der Waals surface area (Å²) in [5, 5.41) is 9.51. The van der Waals surface area contributed by atoms with E-state index in [1.54, 1.807) is 6.07 Å². The van der Waals surface area contributed by atoms with E-state index in [1.807, 2.05) is 30.3 Å². The van der Waals surface area contributed by atoms with Gasteiger partial charge in [-0.15, -0.1) is 10.2 Å². The smallest absolute Gasteiger partial charge is 0.210 e. The van der Waals surface area contributed by atoms with E-state index in [0.29, 0.717) is 28.4 Å². The molecule has 0 aliphatic rings. The normalized spacial score (nSPS) is 10.8. The molecule has 2 aromatic carbocycles. The predicted octanol–water partition coefficient (Wildman–Crippen LogP) is 4.05. The number of nitrogen functional groups attached to an aromatic ring is 1. The van der Waals surface area contributed by atoms with Gasteiger partial charge >= 0.3 is 0 Å². The molecule has 130 valence electrons. The molecular formula is C18H19ClN4OS. The fourth-order valence-corrected chi connectivity index (χ4v) is 3.24. The first-order valence-electron chi connectivity index (χ1n) is 7.99. The third-order valence-corrected chi connectivity index (χ3v) is 4.91. The van der Waals surface area contributed by atoms with Crippen molar-refractivity contribution in [2.24, 2.45) is 0 Å². The molecule has 0 aliphatic heterocycles. The molecule has 25 heavy (non-hydrogen) atoms. The topological polar surface area (TPSA) is 66.0 Å².